The Labute approximate surface area is 201 Å². The monoisotopic (exact) mass is 486 g/mol. The molecule has 0 bridgehead atoms. The van der Waals surface area contributed by atoms with E-state index in [9.17, 15) is 23.2 Å². The Kier molecular flexibility index (Phi) is 7.63. The van der Waals surface area contributed by atoms with Gasteiger partial charge in [0.05, 0.1) is 12.0 Å². The molecule has 0 atom stereocenters. The molecule has 2 saturated carbocycles. The Bertz CT molecular complexity index is 1070. The minimum Gasteiger partial charge on any atom is -0.484 e. The third-order valence-electron chi connectivity index (χ3n) is 6.49. The second kappa shape index (κ2) is 10.8. The minimum absolute atomic E-state index is 0.0824. The fraction of sp³-hybridized carbons (Fsp3) is 0.423. The van der Waals surface area contributed by atoms with Gasteiger partial charge in [-0.3, -0.25) is 14.4 Å². The predicted octanol–water partition coefficient (Wildman–Crippen LogP) is 4.02. The highest BCUT2D eigenvalue weighted by Crippen LogP contribution is 2.39. The van der Waals surface area contributed by atoms with Crippen LogP contribution in [0.4, 0.5) is 8.78 Å². The lowest BCUT2D eigenvalue weighted by Gasteiger charge is -2.27. The van der Waals surface area contributed by atoms with Gasteiger partial charge in [-0.25, -0.2) is 8.78 Å². The fourth-order valence-electron chi connectivity index (χ4n) is 4.28. The van der Waals surface area contributed by atoms with Crippen LogP contribution < -0.4 is 15.4 Å². The van der Waals surface area contributed by atoms with Crippen molar-refractivity contribution < 1.29 is 33.0 Å². The molecule has 0 aromatic heterocycles. The van der Waals surface area contributed by atoms with Crippen molar-refractivity contribution in [2.24, 2.45) is 5.92 Å². The van der Waals surface area contributed by atoms with Crippen LogP contribution in [0.15, 0.2) is 36.4 Å². The van der Waals surface area contributed by atoms with Gasteiger partial charge in [-0.1, -0.05) is 12.1 Å². The first-order chi connectivity index (χ1) is 16.8. The molecule has 0 radical (unpaired) electrons. The maximum Gasteiger partial charge on any atom is 0.306 e. The minimum atomic E-state index is -1.00. The number of aliphatic carboxylic acids is 1. The maximum atomic E-state index is 14.5. The average Bonchev–Trinajstić information content (AvgIpc) is 3.69. The Hall–Kier alpha value is -3.49. The number of amides is 2. The summed E-state index contributed by atoms with van der Waals surface area (Å²) in [6, 6.07) is 9.24. The molecule has 0 aliphatic heterocycles. The number of carbonyl (C=O) groups is 3. The number of rotatable bonds is 9. The summed E-state index contributed by atoms with van der Waals surface area (Å²) in [5.41, 5.74) is 1.55. The summed E-state index contributed by atoms with van der Waals surface area (Å²) in [7, 11) is 0. The molecule has 4 rings (SSSR count). The summed E-state index contributed by atoms with van der Waals surface area (Å²) in [6.45, 7) is 0.235. The average molecular weight is 487 g/mol. The van der Waals surface area contributed by atoms with Gasteiger partial charge in [-0.05, 0) is 74.3 Å². The molecule has 0 unspecified atom stereocenters. The smallest absolute Gasteiger partial charge is 0.306 e. The van der Waals surface area contributed by atoms with Gasteiger partial charge >= 0.3 is 5.97 Å². The van der Waals surface area contributed by atoms with Crippen molar-refractivity contribution in [2.45, 2.75) is 50.5 Å². The first kappa shape index (κ1) is 24.6. The van der Waals surface area contributed by atoms with Crippen LogP contribution in [0.1, 0.15) is 70.7 Å². The second-order valence-electron chi connectivity index (χ2n) is 9.11. The summed E-state index contributed by atoms with van der Waals surface area (Å²) >= 11 is 0. The molecule has 186 valence electrons. The lowest BCUT2D eigenvalue weighted by Crippen LogP contribution is -2.34. The van der Waals surface area contributed by atoms with Gasteiger partial charge in [0.25, 0.3) is 11.8 Å². The van der Waals surface area contributed by atoms with E-state index in [1.54, 1.807) is 12.1 Å². The standard InChI is InChI=1S/C26H28F2N2O5/c27-21-13-19(14-22(28)23(21)35-20-9-7-18(8-10-20)26(33)34)25(32)30-12-11-29-24(31)17-5-3-16(4-6-17)15-1-2-15/h3-6,13-15,18,20H,1-2,7-12H2,(H,29,31)(H,30,32)(H,33,34)/t18-,20+. The van der Waals surface area contributed by atoms with E-state index in [2.05, 4.69) is 10.6 Å². The van der Waals surface area contributed by atoms with E-state index in [4.69, 9.17) is 9.84 Å². The van der Waals surface area contributed by atoms with Crippen LogP contribution in [0, 0.1) is 17.6 Å². The molecular formula is C26H28F2N2O5. The van der Waals surface area contributed by atoms with E-state index >= 15 is 0 Å². The summed E-state index contributed by atoms with van der Waals surface area (Å²) in [6.07, 6.45) is 3.41. The molecule has 3 N–H and O–H groups in total. The van der Waals surface area contributed by atoms with E-state index in [0.717, 1.165) is 12.1 Å². The van der Waals surface area contributed by atoms with Crippen LogP contribution in [0.2, 0.25) is 0 Å². The van der Waals surface area contributed by atoms with E-state index in [1.165, 1.54) is 18.4 Å². The fourth-order valence-corrected chi connectivity index (χ4v) is 4.28. The summed E-state index contributed by atoms with van der Waals surface area (Å²) in [4.78, 5) is 35.6. The summed E-state index contributed by atoms with van der Waals surface area (Å²) in [5.74, 6) is -4.25. The summed E-state index contributed by atoms with van der Waals surface area (Å²) < 4.78 is 34.4. The highest BCUT2D eigenvalue weighted by molar-refractivity contribution is 5.95. The molecule has 2 aromatic rings. The maximum absolute atomic E-state index is 14.5. The molecule has 2 fully saturated rings. The Morgan fingerprint density at radius 1 is 0.829 bits per heavy atom. The molecule has 9 heteroatoms. The molecule has 2 aliphatic carbocycles. The second-order valence-corrected chi connectivity index (χ2v) is 9.11. The number of benzene rings is 2. The zero-order chi connectivity index (χ0) is 24.9. The van der Waals surface area contributed by atoms with Crippen molar-refractivity contribution in [3.05, 3.63) is 64.7 Å². The molecule has 7 nitrogen and oxygen atoms in total. The van der Waals surface area contributed by atoms with Gasteiger partial charge in [0.2, 0.25) is 0 Å². The van der Waals surface area contributed by atoms with Crippen LogP contribution in [-0.2, 0) is 4.79 Å². The lowest BCUT2D eigenvalue weighted by atomic mass is 9.87. The highest BCUT2D eigenvalue weighted by Gasteiger charge is 2.28. The van der Waals surface area contributed by atoms with Crippen molar-refractivity contribution >= 4 is 17.8 Å². The van der Waals surface area contributed by atoms with E-state index in [1.807, 2.05) is 12.1 Å². The van der Waals surface area contributed by atoms with Gasteiger partial charge in [-0.2, -0.15) is 0 Å². The number of ether oxygens (including phenoxy) is 1. The van der Waals surface area contributed by atoms with E-state index in [-0.39, 0.29) is 24.6 Å². The molecule has 2 aromatic carbocycles. The van der Waals surface area contributed by atoms with Crippen LogP contribution in [0.5, 0.6) is 5.75 Å². The first-order valence-corrected chi connectivity index (χ1v) is 11.9. The molecule has 2 amide bonds. The Morgan fingerprint density at radius 3 is 1.89 bits per heavy atom. The van der Waals surface area contributed by atoms with Gasteiger partial charge in [0.15, 0.2) is 17.4 Å². The molecule has 0 spiro atoms. The molecule has 0 heterocycles. The number of carboxylic acids is 1. The predicted molar refractivity (Wildman–Crippen MR) is 123 cm³/mol. The van der Waals surface area contributed by atoms with Crippen LogP contribution in [0.3, 0.4) is 0 Å². The number of carboxylic acid groups (broad SMARTS) is 1. The first-order valence-electron chi connectivity index (χ1n) is 11.9. The van der Waals surface area contributed by atoms with E-state index < -0.39 is 41.3 Å². The zero-order valence-corrected chi connectivity index (χ0v) is 19.2. The van der Waals surface area contributed by atoms with Crippen molar-refractivity contribution in [1.29, 1.82) is 0 Å². The third kappa shape index (κ3) is 6.35. The van der Waals surface area contributed by atoms with Crippen LogP contribution in [0.25, 0.3) is 0 Å². The van der Waals surface area contributed by atoms with Crippen molar-refractivity contribution in [1.82, 2.24) is 10.6 Å². The molecule has 2 aliphatic rings. The third-order valence-corrected chi connectivity index (χ3v) is 6.49. The number of nitrogens with one attached hydrogen (secondary N) is 2. The Balaban J connectivity index is 1.24. The van der Waals surface area contributed by atoms with Crippen molar-refractivity contribution in [3.8, 4) is 5.75 Å². The molecular weight excluding hydrogens is 458 g/mol. The lowest BCUT2D eigenvalue weighted by molar-refractivity contribution is -0.143. The van der Waals surface area contributed by atoms with E-state index in [0.29, 0.717) is 37.2 Å². The van der Waals surface area contributed by atoms with Crippen molar-refractivity contribution in [3.63, 3.8) is 0 Å². The number of hydrogen-bond donors (Lipinski definition) is 3. The topological polar surface area (TPSA) is 105 Å². The van der Waals surface area contributed by atoms with Gasteiger partial charge in [0, 0.05) is 24.2 Å². The highest BCUT2D eigenvalue weighted by atomic mass is 19.1. The van der Waals surface area contributed by atoms with Gasteiger partial charge < -0.3 is 20.5 Å². The van der Waals surface area contributed by atoms with Gasteiger partial charge in [-0.15, -0.1) is 0 Å². The number of carbonyl (C=O) groups excluding carboxylic acids is 2. The summed E-state index contributed by atoms with van der Waals surface area (Å²) in [5, 5.41) is 14.3. The van der Waals surface area contributed by atoms with Crippen molar-refractivity contribution in [2.75, 3.05) is 13.1 Å². The number of hydrogen-bond acceptors (Lipinski definition) is 4. The van der Waals surface area contributed by atoms with Gasteiger partial charge in [0.1, 0.15) is 0 Å². The largest absolute Gasteiger partial charge is 0.484 e. The quantitative estimate of drug-likeness (QED) is 0.465. The Morgan fingerprint density at radius 2 is 1.37 bits per heavy atom. The van der Waals surface area contributed by atoms with Crippen LogP contribution >= 0.6 is 0 Å². The molecule has 0 saturated heterocycles. The molecule has 35 heavy (non-hydrogen) atoms. The van der Waals surface area contributed by atoms with Crippen LogP contribution in [-0.4, -0.2) is 42.1 Å². The number of halogens is 2. The normalized spacial score (nSPS) is 19.6. The SMILES string of the molecule is O=C(NCCNC(=O)c1cc(F)c(O[C@H]2CC[C@@H](C(=O)O)CC2)c(F)c1)c1ccc(C2CC2)cc1. The zero-order valence-electron chi connectivity index (χ0n) is 19.2.